The number of imidazole rings is 1. The number of carboxylic acid groups (broad SMARTS) is 1. The molecule has 18 heavy (non-hydrogen) atoms. The lowest BCUT2D eigenvalue weighted by molar-refractivity contribution is -0.142. The number of carbonyl (C=O) groups is 1. The van der Waals surface area contributed by atoms with E-state index in [0.717, 1.165) is 44.0 Å². The molecule has 5 heteroatoms. The molecule has 0 bridgehead atoms. The van der Waals surface area contributed by atoms with Gasteiger partial charge in [0.15, 0.2) is 0 Å². The lowest BCUT2D eigenvalue weighted by Crippen LogP contribution is -2.26. The van der Waals surface area contributed by atoms with Crippen LogP contribution in [0.3, 0.4) is 0 Å². The van der Waals surface area contributed by atoms with E-state index in [4.69, 9.17) is 9.84 Å². The molecule has 0 saturated carbocycles. The van der Waals surface area contributed by atoms with E-state index in [2.05, 4.69) is 9.55 Å². The summed E-state index contributed by atoms with van der Waals surface area (Å²) in [5, 5.41) is 9.15. The molecule has 3 heterocycles. The van der Waals surface area contributed by atoms with Crippen molar-refractivity contribution in [2.24, 2.45) is 5.92 Å². The zero-order chi connectivity index (χ0) is 12.5. The molecule has 1 fully saturated rings. The van der Waals surface area contributed by atoms with Crippen molar-refractivity contribution in [3.05, 3.63) is 17.7 Å². The Morgan fingerprint density at radius 2 is 2.17 bits per heavy atom. The van der Waals surface area contributed by atoms with E-state index in [1.807, 2.05) is 6.33 Å². The Morgan fingerprint density at radius 1 is 1.39 bits per heavy atom. The van der Waals surface area contributed by atoms with E-state index in [1.54, 1.807) is 0 Å². The number of nitrogens with zero attached hydrogens (tertiary/aromatic N) is 2. The van der Waals surface area contributed by atoms with Gasteiger partial charge in [0, 0.05) is 37.8 Å². The SMILES string of the molecule is O=C(O)C1CCn2cnc(C3CCOCC3)c2C1. The zero-order valence-corrected chi connectivity index (χ0v) is 10.3. The molecule has 0 radical (unpaired) electrons. The minimum atomic E-state index is -0.680. The summed E-state index contributed by atoms with van der Waals surface area (Å²) in [6.07, 6.45) is 5.22. The van der Waals surface area contributed by atoms with Crippen molar-refractivity contribution in [3.8, 4) is 0 Å². The molecule has 2 aliphatic heterocycles. The monoisotopic (exact) mass is 250 g/mol. The maximum absolute atomic E-state index is 11.1. The number of carboxylic acids is 1. The standard InChI is InChI=1S/C13H18N2O3/c16-13(17)10-1-4-15-8-14-12(11(15)7-10)9-2-5-18-6-3-9/h8-10H,1-7H2,(H,16,17). The summed E-state index contributed by atoms with van der Waals surface area (Å²) >= 11 is 0. The van der Waals surface area contributed by atoms with Crippen LogP contribution in [0.1, 0.15) is 36.6 Å². The average molecular weight is 250 g/mol. The van der Waals surface area contributed by atoms with Crippen LogP contribution in [0.25, 0.3) is 0 Å². The molecule has 0 amide bonds. The molecule has 1 aromatic rings. The zero-order valence-electron chi connectivity index (χ0n) is 10.3. The van der Waals surface area contributed by atoms with E-state index in [1.165, 1.54) is 0 Å². The van der Waals surface area contributed by atoms with Crippen LogP contribution in [0.4, 0.5) is 0 Å². The summed E-state index contributed by atoms with van der Waals surface area (Å²) in [6.45, 7) is 2.36. The number of hydrogen-bond donors (Lipinski definition) is 1. The number of aromatic nitrogens is 2. The molecule has 98 valence electrons. The van der Waals surface area contributed by atoms with Gasteiger partial charge in [-0.3, -0.25) is 4.79 Å². The summed E-state index contributed by atoms with van der Waals surface area (Å²) in [5.74, 6) is -0.476. The topological polar surface area (TPSA) is 64.3 Å². The van der Waals surface area contributed by atoms with Crippen molar-refractivity contribution in [3.63, 3.8) is 0 Å². The Labute approximate surface area is 106 Å². The lowest BCUT2D eigenvalue weighted by Gasteiger charge is -2.25. The molecule has 1 unspecified atom stereocenters. The second kappa shape index (κ2) is 4.72. The van der Waals surface area contributed by atoms with Crippen LogP contribution in [0.5, 0.6) is 0 Å². The van der Waals surface area contributed by atoms with E-state index in [-0.39, 0.29) is 5.92 Å². The summed E-state index contributed by atoms with van der Waals surface area (Å²) < 4.78 is 7.50. The highest BCUT2D eigenvalue weighted by Gasteiger charge is 2.30. The smallest absolute Gasteiger partial charge is 0.306 e. The Morgan fingerprint density at radius 3 is 2.89 bits per heavy atom. The van der Waals surface area contributed by atoms with Gasteiger partial charge in [-0.1, -0.05) is 0 Å². The summed E-state index contributed by atoms with van der Waals surface area (Å²) in [5.41, 5.74) is 2.25. The fourth-order valence-electron chi connectivity index (χ4n) is 2.99. The first-order valence-electron chi connectivity index (χ1n) is 6.60. The van der Waals surface area contributed by atoms with Gasteiger partial charge < -0.3 is 14.4 Å². The summed E-state index contributed by atoms with van der Waals surface area (Å²) in [6, 6.07) is 0. The Kier molecular flexibility index (Phi) is 3.07. The maximum atomic E-state index is 11.1. The number of fused-ring (bicyclic) bond motifs is 1. The van der Waals surface area contributed by atoms with Crippen molar-refractivity contribution in [1.82, 2.24) is 9.55 Å². The van der Waals surface area contributed by atoms with Gasteiger partial charge >= 0.3 is 5.97 Å². The van der Waals surface area contributed by atoms with Crippen LogP contribution in [-0.4, -0.2) is 33.8 Å². The Bertz CT molecular complexity index is 449. The van der Waals surface area contributed by atoms with Gasteiger partial charge in [-0.15, -0.1) is 0 Å². The first kappa shape index (κ1) is 11.7. The molecule has 1 aromatic heterocycles. The lowest BCUT2D eigenvalue weighted by atomic mass is 9.89. The second-order valence-corrected chi connectivity index (χ2v) is 5.18. The van der Waals surface area contributed by atoms with Gasteiger partial charge in [-0.25, -0.2) is 4.98 Å². The third kappa shape index (κ3) is 2.03. The molecule has 0 aliphatic carbocycles. The van der Waals surface area contributed by atoms with E-state index in [0.29, 0.717) is 18.8 Å². The van der Waals surface area contributed by atoms with Crippen LogP contribution < -0.4 is 0 Å². The normalized spacial score (nSPS) is 24.8. The molecular weight excluding hydrogens is 232 g/mol. The van der Waals surface area contributed by atoms with E-state index < -0.39 is 5.97 Å². The second-order valence-electron chi connectivity index (χ2n) is 5.18. The highest BCUT2D eigenvalue weighted by Crippen LogP contribution is 2.32. The van der Waals surface area contributed by atoms with Gasteiger partial charge in [-0.05, 0) is 19.3 Å². The average Bonchev–Trinajstić information content (AvgIpc) is 2.82. The van der Waals surface area contributed by atoms with Gasteiger partial charge in [0.2, 0.25) is 0 Å². The molecule has 2 aliphatic rings. The van der Waals surface area contributed by atoms with Gasteiger partial charge in [0.05, 0.1) is 17.9 Å². The molecule has 1 atom stereocenters. The fraction of sp³-hybridized carbons (Fsp3) is 0.692. The van der Waals surface area contributed by atoms with Gasteiger partial charge in [0.25, 0.3) is 0 Å². The van der Waals surface area contributed by atoms with Crippen LogP contribution in [0, 0.1) is 5.92 Å². The van der Waals surface area contributed by atoms with Crippen molar-refractivity contribution in [2.75, 3.05) is 13.2 Å². The molecule has 1 saturated heterocycles. The van der Waals surface area contributed by atoms with Crippen LogP contribution in [-0.2, 0) is 22.5 Å². The highest BCUT2D eigenvalue weighted by molar-refractivity contribution is 5.70. The summed E-state index contributed by atoms with van der Waals surface area (Å²) in [4.78, 5) is 15.7. The van der Waals surface area contributed by atoms with Crippen molar-refractivity contribution in [2.45, 2.75) is 38.1 Å². The molecular formula is C13H18N2O3. The Hall–Kier alpha value is -1.36. The van der Waals surface area contributed by atoms with Gasteiger partial charge in [0.1, 0.15) is 0 Å². The predicted molar refractivity (Wildman–Crippen MR) is 64.5 cm³/mol. The number of hydrogen-bond acceptors (Lipinski definition) is 3. The molecule has 0 spiro atoms. The number of aryl methyl sites for hydroxylation is 1. The summed E-state index contributed by atoms with van der Waals surface area (Å²) in [7, 11) is 0. The predicted octanol–water partition coefficient (Wildman–Crippen LogP) is 1.42. The number of rotatable bonds is 2. The van der Waals surface area contributed by atoms with Crippen molar-refractivity contribution in [1.29, 1.82) is 0 Å². The van der Waals surface area contributed by atoms with Gasteiger partial charge in [-0.2, -0.15) is 0 Å². The maximum Gasteiger partial charge on any atom is 0.306 e. The van der Waals surface area contributed by atoms with Crippen molar-refractivity contribution >= 4 is 5.97 Å². The Balaban J connectivity index is 1.84. The largest absolute Gasteiger partial charge is 0.481 e. The minimum absolute atomic E-state index is 0.243. The number of ether oxygens (including phenoxy) is 1. The highest BCUT2D eigenvalue weighted by atomic mass is 16.5. The number of aliphatic carboxylic acids is 1. The van der Waals surface area contributed by atoms with Crippen molar-refractivity contribution < 1.29 is 14.6 Å². The molecule has 1 N–H and O–H groups in total. The van der Waals surface area contributed by atoms with Crippen LogP contribution in [0.2, 0.25) is 0 Å². The van der Waals surface area contributed by atoms with Crippen LogP contribution in [0.15, 0.2) is 6.33 Å². The van der Waals surface area contributed by atoms with Crippen LogP contribution >= 0.6 is 0 Å². The third-order valence-electron chi connectivity index (χ3n) is 4.09. The molecule has 5 nitrogen and oxygen atoms in total. The first-order chi connectivity index (χ1) is 8.75. The molecule has 3 rings (SSSR count). The van der Waals surface area contributed by atoms with E-state index >= 15 is 0 Å². The third-order valence-corrected chi connectivity index (χ3v) is 4.09. The minimum Gasteiger partial charge on any atom is -0.481 e. The fourth-order valence-corrected chi connectivity index (χ4v) is 2.99. The molecule has 0 aromatic carbocycles. The van der Waals surface area contributed by atoms with E-state index in [9.17, 15) is 4.79 Å². The quantitative estimate of drug-likeness (QED) is 0.862. The first-order valence-corrected chi connectivity index (χ1v) is 6.60.